The molecule has 2 amide bonds. The van der Waals surface area contributed by atoms with E-state index in [-0.39, 0.29) is 12.1 Å². The zero-order chi connectivity index (χ0) is 15.9. The molecule has 0 spiro atoms. The third-order valence-corrected chi connectivity index (χ3v) is 4.04. The number of likely N-dealkylation sites (tertiary alicyclic amines) is 1. The fraction of sp³-hybridized carbons (Fsp3) is 0.688. The van der Waals surface area contributed by atoms with Crippen LogP contribution >= 0.6 is 0 Å². The van der Waals surface area contributed by atoms with E-state index in [0.29, 0.717) is 12.6 Å². The van der Waals surface area contributed by atoms with Gasteiger partial charge in [0.05, 0.1) is 6.54 Å². The molecule has 0 aromatic carbocycles. The molecule has 1 unspecified atom stereocenters. The number of hydrogen-bond acceptors (Lipinski definition) is 4. The molecule has 2 rings (SSSR count). The van der Waals surface area contributed by atoms with Crippen molar-refractivity contribution in [3.05, 3.63) is 18.0 Å². The molecule has 0 N–H and O–H groups in total. The smallest absolute Gasteiger partial charge is 0.320 e. The maximum absolute atomic E-state index is 12.4. The van der Waals surface area contributed by atoms with Crippen molar-refractivity contribution in [2.24, 2.45) is 0 Å². The first-order valence-corrected chi connectivity index (χ1v) is 8.19. The number of carbonyl (C=O) groups is 1. The van der Waals surface area contributed by atoms with Crippen LogP contribution in [0.4, 0.5) is 4.79 Å². The first kappa shape index (κ1) is 16.5. The van der Waals surface area contributed by atoms with Gasteiger partial charge in [0.25, 0.3) is 0 Å². The quantitative estimate of drug-likeness (QED) is 0.838. The lowest BCUT2D eigenvalue weighted by Gasteiger charge is -2.35. The number of nitrogens with zero attached hydrogens (tertiary/aromatic N) is 4. The van der Waals surface area contributed by atoms with E-state index < -0.39 is 0 Å². The highest BCUT2D eigenvalue weighted by Crippen LogP contribution is 2.16. The van der Waals surface area contributed by atoms with E-state index in [1.165, 1.54) is 0 Å². The average molecular weight is 306 g/mol. The number of piperidine rings is 1. The average Bonchev–Trinajstić information content (AvgIpc) is 2.57. The number of urea groups is 1. The molecule has 1 aromatic rings. The van der Waals surface area contributed by atoms with Crippen LogP contribution in [0.1, 0.15) is 39.2 Å². The summed E-state index contributed by atoms with van der Waals surface area (Å²) >= 11 is 0. The number of aromatic nitrogens is 2. The molecule has 22 heavy (non-hydrogen) atoms. The fourth-order valence-electron chi connectivity index (χ4n) is 2.64. The highest BCUT2D eigenvalue weighted by molar-refractivity contribution is 5.74. The zero-order valence-corrected chi connectivity index (χ0v) is 13.8. The Morgan fingerprint density at radius 1 is 1.32 bits per heavy atom. The molecule has 1 atom stereocenters. The predicted octanol–water partition coefficient (Wildman–Crippen LogP) is 2.34. The molecule has 1 fully saturated rings. The topological polar surface area (TPSA) is 58.6 Å². The van der Waals surface area contributed by atoms with Crippen molar-refractivity contribution in [1.82, 2.24) is 19.8 Å². The van der Waals surface area contributed by atoms with Crippen molar-refractivity contribution in [3.8, 4) is 6.01 Å². The summed E-state index contributed by atoms with van der Waals surface area (Å²) < 4.78 is 5.85. The SMILES string of the molecule is CCc1cnc(OC2CCCN(C(=O)N(CC)CC)C2)nc1. The Bertz CT molecular complexity index is 474. The Labute approximate surface area is 132 Å². The fourth-order valence-corrected chi connectivity index (χ4v) is 2.64. The van der Waals surface area contributed by atoms with Crippen molar-refractivity contribution in [2.45, 2.75) is 46.1 Å². The monoisotopic (exact) mass is 306 g/mol. The zero-order valence-electron chi connectivity index (χ0n) is 13.8. The van der Waals surface area contributed by atoms with Crippen LogP contribution in [0.3, 0.4) is 0 Å². The molecule has 0 radical (unpaired) electrons. The van der Waals surface area contributed by atoms with Gasteiger partial charge in [-0.15, -0.1) is 0 Å². The van der Waals surface area contributed by atoms with Crippen LogP contribution < -0.4 is 4.74 Å². The number of amides is 2. The van der Waals surface area contributed by atoms with Gasteiger partial charge in [-0.1, -0.05) is 6.92 Å². The lowest BCUT2D eigenvalue weighted by Crippen LogP contribution is -2.50. The molecule has 0 aliphatic carbocycles. The molecule has 6 heteroatoms. The van der Waals surface area contributed by atoms with Crippen LogP contribution in [-0.2, 0) is 6.42 Å². The summed E-state index contributed by atoms with van der Waals surface area (Å²) in [5, 5.41) is 0. The van der Waals surface area contributed by atoms with Crippen LogP contribution in [-0.4, -0.2) is 58.1 Å². The minimum atomic E-state index is -0.0271. The van der Waals surface area contributed by atoms with E-state index in [4.69, 9.17) is 4.74 Å². The maximum Gasteiger partial charge on any atom is 0.320 e. The third-order valence-electron chi connectivity index (χ3n) is 4.04. The highest BCUT2D eigenvalue weighted by atomic mass is 16.5. The molecule has 1 aliphatic rings. The number of aryl methyl sites for hydroxylation is 1. The molecule has 0 saturated carbocycles. The second-order valence-electron chi connectivity index (χ2n) is 5.51. The minimum Gasteiger partial charge on any atom is -0.458 e. The highest BCUT2D eigenvalue weighted by Gasteiger charge is 2.27. The van der Waals surface area contributed by atoms with E-state index in [1.807, 2.05) is 23.6 Å². The summed E-state index contributed by atoms with van der Waals surface area (Å²) in [6, 6.07) is 0.500. The first-order valence-electron chi connectivity index (χ1n) is 8.19. The van der Waals surface area contributed by atoms with E-state index in [1.54, 1.807) is 12.4 Å². The molecular weight excluding hydrogens is 280 g/mol. The number of carbonyl (C=O) groups excluding carboxylic acids is 1. The molecule has 6 nitrogen and oxygen atoms in total. The molecule has 1 aliphatic heterocycles. The summed E-state index contributed by atoms with van der Waals surface area (Å²) in [7, 11) is 0. The van der Waals surface area contributed by atoms with Crippen molar-refractivity contribution < 1.29 is 9.53 Å². The van der Waals surface area contributed by atoms with Gasteiger partial charge in [-0.25, -0.2) is 14.8 Å². The van der Waals surface area contributed by atoms with E-state index in [0.717, 1.165) is 44.5 Å². The van der Waals surface area contributed by atoms with E-state index in [2.05, 4.69) is 16.9 Å². The lowest BCUT2D eigenvalue weighted by atomic mass is 10.1. The summed E-state index contributed by atoms with van der Waals surface area (Å²) in [6.07, 6.45) is 6.36. The van der Waals surface area contributed by atoms with Crippen LogP contribution in [0.5, 0.6) is 6.01 Å². The second-order valence-corrected chi connectivity index (χ2v) is 5.51. The Hall–Kier alpha value is -1.85. The maximum atomic E-state index is 12.4. The number of rotatable bonds is 5. The van der Waals surface area contributed by atoms with Gasteiger partial charge < -0.3 is 14.5 Å². The van der Waals surface area contributed by atoms with E-state index >= 15 is 0 Å². The van der Waals surface area contributed by atoms with Gasteiger partial charge in [-0.05, 0) is 38.7 Å². The van der Waals surface area contributed by atoms with Gasteiger partial charge >= 0.3 is 12.0 Å². The molecule has 1 saturated heterocycles. The van der Waals surface area contributed by atoms with Gasteiger partial charge in [0.15, 0.2) is 0 Å². The normalized spacial score (nSPS) is 18.1. The summed E-state index contributed by atoms with van der Waals surface area (Å²) in [4.78, 5) is 24.6. The minimum absolute atomic E-state index is 0.0271. The van der Waals surface area contributed by atoms with Crippen molar-refractivity contribution in [1.29, 1.82) is 0 Å². The molecular formula is C16H26N4O2. The molecule has 2 heterocycles. The van der Waals surface area contributed by atoms with Crippen LogP contribution in [0.15, 0.2) is 12.4 Å². The second kappa shape index (κ2) is 7.96. The van der Waals surface area contributed by atoms with Gasteiger partial charge in [0.1, 0.15) is 6.10 Å². The Morgan fingerprint density at radius 3 is 2.59 bits per heavy atom. The summed E-state index contributed by atoms with van der Waals surface area (Å²) in [6.45, 7) is 8.94. The van der Waals surface area contributed by atoms with Crippen LogP contribution in [0.25, 0.3) is 0 Å². The molecule has 122 valence electrons. The van der Waals surface area contributed by atoms with Gasteiger partial charge in [-0.3, -0.25) is 0 Å². The summed E-state index contributed by atoms with van der Waals surface area (Å²) in [5.41, 5.74) is 1.09. The molecule has 0 bridgehead atoms. The Kier molecular flexibility index (Phi) is 5.98. The Balaban J connectivity index is 1.93. The number of ether oxygens (including phenoxy) is 1. The lowest BCUT2D eigenvalue weighted by molar-refractivity contribution is 0.0805. The largest absolute Gasteiger partial charge is 0.458 e. The van der Waals surface area contributed by atoms with Crippen molar-refractivity contribution in [3.63, 3.8) is 0 Å². The third kappa shape index (κ3) is 4.08. The van der Waals surface area contributed by atoms with Gasteiger partial charge in [-0.2, -0.15) is 0 Å². The van der Waals surface area contributed by atoms with E-state index in [9.17, 15) is 4.79 Å². The molecule has 1 aromatic heterocycles. The van der Waals surface area contributed by atoms with Crippen LogP contribution in [0, 0.1) is 0 Å². The van der Waals surface area contributed by atoms with Crippen molar-refractivity contribution in [2.75, 3.05) is 26.2 Å². The predicted molar refractivity (Wildman–Crippen MR) is 85.0 cm³/mol. The van der Waals surface area contributed by atoms with Gasteiger partial charge in [0.2, 0.25) is 0 Å². The number of hydrogen-bond donors (Lipinski definition) is 0. The van der Waals surface area contributed by atoms with Gasteiger partial charge in [0, 0.05) is 32.0 Å². The van der Waals surface area contributed by atoms with Crippen LogP contribution in [0.2, 0.25) is 0 Å². The standard InChI is InChI=1S/C16H26N4O2/c1-4-13-10-17-15(18-11-13)22-14-8-7-9-20(12-14)16(21)19(5-2)6-3/h10-11,14H,4-9,12H2,1-3H3. The first-order chi connectivity index (χ1) is 10.7. The Morgan fingerprint density at radius 2 is 2.00 bits per heavy atom. The summed E-state index contributed by atoms with van der Waals surface area (Å²) in [5.74, 6) is 0. The van der Waals surface area contributed by atoms with Crippen molar-refractivity contribution >= 4 is 6.03 Å².